The summed E-state index contributed by atoms with van der Waals surface area (Å²) in [5.74, 6) is -1.61. The van der Waals surface area contributed by atoms with Crippen LogP contribution < -0.4 is 5.32 Å². The summed E-state index contributed by atoms with van der Waals surface area (Å²) in [5.41, 5.74) is 4.49. The highest BCUT2D eigenvalue weighted by Gasteiger charge is 2.36. The van der Waals surface area contributed by atoms with Crippen LogP contribution in [0.1, 0.15) is 37.3 Å². The Morgan fingerprint density at radius 3 is 2.29 bits per heavy atom. The van der Waals surface area contributed by atoms with Gasteiger partial charge < -0.3 is 24.8 Å². The molecule has 180 valence electrons. The maximum atomic E-state index is 13.3. The van der Waals surface area contributed by atoms with E-state index in [4.69, 9.17) is 9.47 Å². The van der Waals surface area contributed by atoms with Crippen molar-refractivity contribution < 1.29 is 29.0 Å². The number of rotatable bonds is 7. The van der Waals surface area contributed by atoms with Crippen LogP contribution in [0.2, 0.25) is 0 Å². The minimum atomic E-state index is -1.00. The molecule has 1 aliphatic heterocycles. The van der Waals surface area contributed by atoms with E-state index in [9.17, 15) is 19.5 Å². The molecule has 2 amide bonds. The van der Waals surface area contributed by atoms with Crippen molar-refractivity contribution in [3.63, 3.8) is 0 Å². The van der Waals surface area contributed by atoms with Gasteiger partial charge in [-0.1, -0.05) is 62.4 Å². The molecule has 4 rings (SSSR count). The number of carbonyl (C=O) groups is 3. The van der Waals surface area contributed by atoms with Gasteiger partial charge in [0.25, 0.3) is 0 Å². The van der Waals surface area contributed by atoms with Crippen LogP contribution in [0, 0.1) is 5.92 Å². The fraction of sp³-hybridized carbons (Fsp3) is 0.423. The fourth-order valence-corrected chi connectivity index (χ4v) is 4.77. The molecule has 1 aliphatic carbocycles. The molecule has 1 saturated heterocycles. The summed E-state index contributed by atoms with van der Waals surface area (Å²) in [7, 11) is 0. The Morgan fingerprint density at radius 2 is 1.71 bits per heavy atom. The summed E-state index contributed by atoms with van der Waals surface area (Å²) in [4.78, 5) is 38.8. The van der Waals surface area contributed by atoms with Gasteiger partial charge in [0.2, 0.25) is 5.91 Å². The van der Waals surface area contributed by atoms with E-state index in [1.807, 2.05) is 50.2 Å². The van der Waals surface area contributed by atoms with Crippen molar-refractivity contribution in [3.8, 4) is 11.1 Å². The summed E-state index contributed by atoms with van der Waals surface area (Å²) >= 11 is 0. The Hall–Kier alpha value is -3.39. The molecule has 34 heavy (non-hydrogen) atoms. The standard InChI is InChI=1S/C26H30N2O6/c1-16(2)24(25(31)28-11-12-33-14-17(28)13-23(29)30)27-26(32)34-15-22-20-9-5-3-7-18(20)19-8-4-6-10-21(19)22/h3-10,16-17,22,24H,11-15H2,1-2H3,(H,27,32)(H,29,30)/t17?,24-/m1/s1. The molecular weight excluding hydrogens is 436 g/mol. The topological polar surface area (TPSA) is 105 Å². The molecular formula is C26H30N2O6. The van der Waals surface area contributed by atoms with Crippen molar-refractivity contribution in [3.05, 3.63) is 59.7 Å². The molecule has 2 N–H and O–H groups in total. The summed E-state index contributed by atoms with van der Waals surface area (Å²) in [6, 6.07) is 14.8. The predicted molar refractivity (Wildman–Crippen MR) is 125 cm³/mol. The average Bonchev–Trinajstić information content (AvgIpc) is 3.14. The Bertz CT molecular complexity index is 1020. The zero-order chi connectivity index (χ0) is 24.2. The van der Waals surface area contributed by atoms with E-state index >= 15 is 0 Å². The van der Waals surface area contributed by atoms with Gasteiger partial charge in [-0.25, -0.2) is 4.79 Å². The second-order valence-electron chi connectivity index (χ2n) is 9.05. The van der Waals surface area contributed by atoms with Gasteiger partial charge in [0, 0.05) is 12.5 Å². The Morgan fingerprint density at radius 1 is 1.09 bits per heavy atom. The summed E-state index contributed by atoms with van der Waals surface area (Å²) in [5, 5.41) is 11.9. The lowest BCUT2D eigenvalue weighted by Gasteiger charge is -2.37. The summed E-state index contributed by atoms with van der Waals surface area (Å²) in [6.07, 6.45) is -0.876. The van der Waals surface area contributed by atoms with E-state index in [0.717, 1.165) is 22.3 Å². The first kappa shape index (κ1) is 23.8. The van der Waals surface area contributed by atoms with Crippen molar-refractivity contribution in [1.29, 1.82) is 0 Å². The first-order valence-electron chi connectivity index (χ1n) is 11.6. The number of fused-ring (bicyclic) bond motifs is 3. The SMILES string of the molecule is CC(C)[C@@H](NC(=O)OCC1c2ccccc2-c2ccccc21)C(=O)N1CCOCC1CC(=O)O. The van der Waals surface area contributed by atoms with Crippen LogP contribution in [0.5, 0.6) is 0 Å². The number of alkyl carbamates (subject to hydrolysis) is 1. The zero-order valence-corrected chi connectivity index (χ0v) is 19.4. The van der Waals surface area contributed by atoms with Crippen molar-refractivity contribution in [2.45, 2.75) is 38.3 Å². The third-order valence-electron chi connectivity index (χ3n) is 6.47. The number of aliphatic carboxylic acids is 1. The van der Waals surface area contributed by atoms with Crippen molar-refractivity contribution in [1.82, 2.24) is 10.2 Å². The van der Waals surface area contributed by atoms with Crippen LogP contribution in [0.15, 0.2) is 48.5 Å². The van der Waals surface area contributed by atoms with Gasteiger partial charge in [0.05, 0.1) is 25.7 Å². The lowest BCUT2D eigenvalue weighted by molar-refractivity contribution is -0.148. The molecule has 0 spiro atoms. The van der Waals surface area contributed by atoms with E-state index in [0.29, 0.717) is 6.61 Å². The number of ether oxygens (including phenoxy) is 2. The molecule has 2 aliphatic rings. The molecule has 1 heterocycles. The Kier molecular flexibility index (Phi) is 7.17. The summed E-state index contributed by atoms with van der Waals surface area (Å²) < 4.78 is 11.0. The largest absolute Gasteiger partial charge is 0.481 e. The molecule has 2 atom stereocenters. The average molecular weight is 467 g/mol. The van der Waals surface area contributed by atoms with Gasteiger partial charge in [-0.15, -0.1) is 0 Å². The Balaban J connectivity index is 1.43. The normalized spacial score (nSPS) is 18.2. The molecule has 1 unspecified atom stereocenters. The number of carbonyl (C=O) groups excluding carboxylic acids is 2. The summed E-state index contributed by atoms with van der Waals surface area (Å²) in [6.45, 7) is 4.59. The van der Waals surface area contributed by atoms with Crippen LogP contribution in [0.25, 0.3) is 11.1 Å². The number of morpholine rings is 1. The predicted octanol–water partition coefficient (Wildman–Crippen LogP) is 3.25. The van der Waals surface area contributed by atoms with Crippen LogP contribution >= 0.6 is 0 Å². The smallest absolute Gasteiger partial charge is 0.407 e. The van der Waals surface area contributed by atoms with Gasteiger partial charge in [0.1, 0.15) is 12.6 Å². The van der Waals surface area contributed by atoms with Crippen LogP contribution in [0.3, 0.4) is 0 Å². The first-order valence-corrected chi connectivity index (χ1v) is 11.6. The molecule has 2 aromatic rings. The minimum Gasteiger partial charge on any atom is -0.481 e. The number of carboxylic acid groups (broad SMARTS) is 1. The number of benzene rings is 2. The van der Waals surface area contributed by atoms with Crippen molar-refractivity contribution >= 4 is 18.0 Å². The lowest BCUT2D eigenvalue weighted by atomic mass is 9.98. The minimum absolute atomic E-state index is 0.0782. The number of nitrogens with one attached hydrogen (secondary N) is 1. The molecule has 0 bridgehead atoms. The Labute approximate surface area is 198 Å². The van der Waals surface area contributed by atoms with Crippen LogP contribution in [0.4, 0.5) is 4.79 Å². The highest BCUT2D eigenvalue weighted by Crippen LogP contribution is 2.44. The van der Waals surface area contributed by atoms with Crippen LogP contribution in [-0.4, -0.2) is 66.4 Å². The van der Waals surface area contributed by atoms with Gasteiger partial charge in [-0.05, 0) is 28.2 Å². The number of hydrogen-bond acceptors (Lipinski definition) is 5. The monoisotopic (exact) mass is 466 g/mol. The molecule has 2 aromatic carbocycles. The molecule has 8 nitrogen and oxygen atoms in total. The number of hydrogen-bond donors (Lipinski definition) is 2. The zero-order valence-electron chi connectivity index (χ0n) is 19.4. The fourth-order valence-electron chi connectivity index (χ4n) is 4.77. The highest BCUT2D eigenvalue weighted by atomic mass is 16.5. The quantitative estimate of drug-likeness (QED) is 0.649. The van der Waals surface area contributed by atoms with Crippen molar-refractivity contribution in [2.24, 2.45) is 5.92 Å². The molecule has 8 heteroatoms. The number of nitrogens with zero attached hydrogens (tertiary/aromatic N) is 1. The maximum Gasteiger partial charge on any atom is 0.407 e. The van der Waals surface area contributed by atoms with Gasteiger partial charge >= 0.3 is 12.1 Å². The number of carboxylic acids is 1. The van der Waals surface area contributed by atoms with Gasteiger partial charge in [0.15, 0.2) is 0 Å². The molecule has 1 fully saturated rings. The van der Waals surface area contributed by atoms with E-state index in [-0.39, 0.29) is 43.9 Å². The lowest BCUT2D eigenvalue weighted by Crippen LogP contribution is -2.57. The van der Waals surface area contributed by atoms with E-state index in [1.54, 1.807) is 0 Å². The van der Waals surface area contributed by atoms with Crippen LogP contribution in [-0.2, 0) is 19.1 Å². The highest BCUT2D eigenvalue weighted by molar-refractivity contribution is 5.87. The third kappa shape index (κ3) is 4.92. The van der Waals surface area contributed by atoms with Gasteiger partial charge in [-0.2, -0.15) is 0 Å². The maximum absolute atomic E-state index is 13.3. The third-order valence-corrected chi connectivity index (χ3v) is 6.47. The first-order chi connectivity index (χ1) is 16.4. The molecule has 0 aromatic heterocycles. The van der Waals surface area contributed by atoms with Crippen molar-refractivity contribution in [2.75, 3.05) is 26.4 Å². The number of amides is 2. The molecule has 0 saturated carbocycles. The van der Waals surface area contributed by atoms with E-state index < -0.39 is 24.1 Å². The second kappa shape index (κ2) is 10.3. The van der Waals surface area contributed by atoms with Gasteiger partial charge in [-0.3, -0.25) is 9.59 Å². The second-order valence-corrected chi connectivity index (χ2v) is 9.05. The van der Waals surface area contributed by atoms with E-state index in [1.165, 1.54) is 4.90 Å². The van der Waals surface area contributed by atoms with E-state index in [2.05, 4.69) is 17.4 Å². The molecule has 0 radical (unpaired) electrons.